The Bertz CT molecular complexity index is 914. The van der Waals surface area contributed by atoms with Crippen LogP contribution < -0.4 is 0 Å². The Labute approximate surface area is 163 Å². The summed E-state index contributed by atoms with van der Waals surface area (Å²) < 4.78 is 24.6. The molecule has 2 heterocycles. The van der Waals surface area contributed by atoms with Crippen LogP contribution in [0.1, 0.15) is 6.92 Å². The van der Waals surface area contributed by atoms with Crippen molar-refractivity contribution in [2.45, 2.75) is 20.2 Å². The van der Waals surface area contributed by atoms with E-state index >= 15 is 0 Å². The second-order valence-electron chi connectivity index (χ2n) is 7.21. The van der Waals surface area contributed by atoms with Crippen molar-refractivity contribution in [1.29, 1.82) is 0 Å². The van der Waals surface area contributed by atoms with Gasteiger partial charge in [0, 0.05) is 45.7 Å². The first-order valence-electron chi connectivity index (χ1n) is 8.53. The van der Waals surface area contributed by atoms with Gasteiger partial charge in [-0.05, 0) is 37.8 Å². The minimum absolute atomic E-state index is 0.220. The summed E-state index contributed by atoms with van der Waals surface area (Å²) in [6.07, 6.45) is 12.6. The van der Waals surface area contributed by atoms with Crippen molar-refractivity contribution in [3.8, 4) is 11.1 Å². The van der Waals surface area contributed by atoms with E-state index in [0.29, 0.717) is 18.8 Å². The molecule has 26 heavy (non-hydrogen) atoms. The van der Waals surface area contributed by atoms with E-state index in [-0.39, 0.29) is 5.82 Å². The third-order valence-corrected chi connectivity index (χ3v) is 6.09. The maximum atomic E-state index is 14.4. The van der Waals surface area contributed by atoms with Gasteiger partial charge in [-0.15, -0.1) is 0 Å². The maximum Gasteiger partial charge on any atom is 0.148 e. The van der Waals surface area contributed by atoms with Gasteiger partial charge in [-0.1, -0.05) is 15.9 Å². The van der Waals surface area contributed by atoms with Gasteiger partial charge in [0.1, 0.15) is 12.5 Å². The summed E-state index contributed by atoms with van der Waals surface area (Å²) in [5, 5.41) is 5.28. The van der Waals surface area contributed by atoms with Crippen molar-refractivity contribution in [2.75, 3.05) is 31.1 Å². The molecule has 0 aliphatic carbocycles. The Morgan fingerprint density at radius 3 is 2.69 bits per heavy atom. The van der Waals surface area contributed by atoms with Gasteiger partial charge < -0.3 is 9.30 Å². The molecule has 0 unspecified atom stereocenters. The SMILES string of the molecule is CCn1cc(-c2cnn(COCCS(C)(C)C)c2)c2cc(Br)cc(F)c21. The zero-order valence-electron chi connectivity index (χ0n) is 15.6. The van der Waals surface area contributed by atoms with Crippen LogP contribution in [0.5, 0.6) is 0 Å². The molecule has 0 radical (unpaired) electrons. The van der Waals surface area contributed by atoms with E-state index in [0.717, 1.165) is 33.3 Å². The number of aromatic nitrogens is 3. The normalized spacial score (nSPS) is 12.8. The van der Waals surface area contributed by atoms with E-state index < -0.39 is 10.0 Å². The van der Waals surface area contributed by atoms with Crippen LogP contribution in [0.2, 0.25) is 0 Å². The molecule has 0 fully saturated rings. The van der Waals surface area contributed by atoms with Gasteiger partial charge >= 0.3 is 0 Å². The summed E-state index contributed by atoms with van der Waals surface area (Å²) in [5.74, 6) is 0.862. The van der Waals surface area contributed by atoms with Crippen LogP contribution >= 0.6 is 26.0 Å². The molecule has 0 amide bonds. The summed E-state index contributed by atoms with van der Waals surface area (Å²) in [7, 11) is -0.546. The second kappa shape index (κ2) is 7.74. The van der Waals surface area contributed by atoms with Gasteiger partial charge in [-0.2, -0.15) is 5.10 Å². The molecule has 4 nitrogen and oxygen atoms in total. The molecule has 0 aliphatic heterocycles. The Morgan fingerprint density at radius 2 is 2.00 bits per heavy atom. The van der Waals surface area contributed by atoms with Crippen molar-refractivity contribution in [2.24, 2.45) is 0 Å². The standard InChI is InChI=1S/C19H25BrFN3OS/c1-5-23-12-17(16-8-15(20)9-18(21)19(16)23)14-10-22-24(11-14)13-25-6-7-26(2,3)4/h8-12H,5-7,13H2,1-4H3. The van der Waals surface area contributed by atoms with Crippen LogP contribution in [-0.4, -0.2) is 45.5 Å². The molecule has 0 aliphatic rings. The fourth-order valence-corrected chi connectivity index (χ4v) is 3.92. The lowest BCUT2D eigenvalue weighted by atomic mass is 10.1. The van der Waals surface area contributed by atoms with Crippen LogP contribution in [-0.2, 0) is 18.0 Å². The molecule has 3 aromatic rings. The highest BCUT2D eigenvalue weighted by Crippen LogP contribution is 2.35. The molecule has 0 bridgehead atoms. The minimum Gasteiger partial charge on any atom is -0.358 e. The van der Waals surface area contributed by atoms with Crippen LogP contribution in [0.15, 0.2) is 35.2 Å². The van der Waals surface area contributed by atoms with E-state index in [1.807, 2.05) is 36.1 Å². The predicted molar refractivity (Wildman–Crippen MR) is 113 cm³/mol. The second-order valence-corrected chi connectivity index (χ2v) is 12.7. The van der Waals surface area contributed by atoms with Crippen molar-refractivity contribution in [1.82, 2.24) is 14.3 Å². The van der Waals surface area contributed by atoms with Crippen LogP contribution in [0.25, 0.3) is 22.0 Å². The number of aryl methyl sites for hydroxylation is 1. The van der Waals surface area contributed by atoms with Crippen LogP contribution in [0.4, 0.5) is 4.39 Å². The number of nitrogens with zero attached hydrogens (tertiary/aromatic N) is 3. The molecule has 7 heteroatoms. The molecule has 0 atom stereocenters. The average Bonchev–Trinajstić information content (AvgIpc) is 3.14. The van der Waals surface area contributed by atoms with Crippen LogP contribution in [0.3, 0.4) is 0 Å². The van der Waals surface area contributed by atoms with Crippen molar-refractivity contribution < 1.29 is 9.13 Å². The highest BCUT2D eigenvalue weighted by molar-refractivity contribution is 9.10. The summed E-state index contributed by atoms with van der Waals surface area (Å²) in [5.41, 5.74) is 2.57. The third-order valence-electron chi connectivity index (χ3n) is 4.24. The fraction of sp³-hybridized carbons (Fsp3) is 0.421. The van der Waals surface area contributed by atoms with Gasteiger partial charge in [0.05, 0.1) is 18.3 Å². The molecule has 2 aromatic heterocycles. The molecule has 0 saturated carbocycles. The zero-order valence-corrected chi connectivity index (χ0v) is 18.0. The number of fused-ring (bicyclic) bond motifs is 1. The van der Waals surface area contributed by atoms with Crippen LogP contribution in [0, 0.1) is 5.82 Å². The number of hydrogen-bond donors (Lipinski definition) is 0. The molecule has 1 aromatic carbocycles. The first-order chi connectivity index (χ1) is 12.3. The molecule has 0 saturated heterocycles. The van der Waals surface area contributed by atoms with E-state index in [9.17, 15) is 4.39 Å². The number of halogens is 2. The number of benzene rings is 1. The quantitative estimate of drug-likeness (QED) is 0.477. The molecule has 0 spiro atoms. The Balaban J connectivity index is 1.83. The van der Waals surface area contributed by atoms with Gasteiger partial charge in [-0.25, -0.2) is 19.1 Å². The summed E-state index contributed by atoms with van der Waals surface area (Å²) in [6.45, 7) is 3.89. The average molecular weight is 442 g/mol. The van der Waals surface area contributed by atoms with Gasteiger partial charge in [0.25, 0.3) is 0 Å². The first-order valence-corrected chi connectivity index (χ1v) is 12.3. The fourth-order valence-electron chi connectivity index (χ4n) is 2.87. The Hall–Kier alpha value is -1.31. The lowest BCUT2D eigenvalue weighted by Gasteiger charge is -2.24. The third kappa shape index (κ3) is 4.32. The molecule has 142 valence electrons. The summed E-state index contributed by atoms with van der Waals surface area (Å²) in [4.78, 5) is 0. The molecule has 0 N–H and O–H groups in total. The minimum atomic E-state index is -0.546. The van der Waals surface area contributed by atoms with Crippen molar-refractivity contribution in [3.63, 3.8) is 0 Å². The Morgan fingerprint density at radius 1 is 1.23 bits per heavy atom. The van der Waals surface area contributed by atoms with Crippen molar-refractivity contribution >= 4 is 36.9 Å². The number of rotatable bonds is 7. The van der Waals surface area contributed by atoms with E-state index in [1.54, 1.807) is 4.68 Å². The maximum absolute atomic E-state index is 14.4. The number of hydrogen-bond acceptors (Lipinski definition) is 2. The van der Waals surface area contributed by atoms with Crippen molar-refractivity contribution in [3.05, 3.63) is 41.0 Å². The highest BCUT2D eigenvalue weighted by atomic mass is 79.9. The smallest absolute Gasteiger partial charge is 0.148 e. The molecule has 3 rings (SSSR count). The predicted octanol–water partition coefficient (Wildman–Crippen LogP) is 5.09. The molecular formula is C19H25BrFN3OS. The highest BCUT2D eigenvalue weighted by Gasteiger charge is 2.15. The Kier molecular flexibility index (Phi) is 5.79. The number of ether oxygens (including phenoxy) is 1. The zero-order chi connectivity index (χ0) is 18.9. The molecular weight excluding hydrogens is 417 g/mol. The summed E-state index contributed by atoms with van der Waals surface area (Å²) in [6, 6.07) is 3.46. The van der Waals surface area contributed by atoms with E-state index in [1.165, 1.54) is 6.07 Å². The van der Waals surface area contributed by atoms with E-state index in [2.05, 4.69) is 39.8 Å². The largest absolute Gasteiger partial charge is 0.358 e. The monoisotopic (exact) mass is 441 g/mol. The van der Waals surface area contributed by atoms with Gasteiger partial charge in [0.15, 0.2) is 0 Å². The first kappa shape index (κ1) is 19.5. The van der Waals surface area contributed by atoms with Gasteiger partial charge in [0.2, 0.25) is 0 Å². The topological polar surface area (TPSA) is 32.0 Å². The van der Waals surface area contributed by atoms with Gasteiger partial charge in [-0.3, -0.25) is 0 Å². The summed E-state index contributed by atoms with van der Waals surface area (Å²) >= 11 is 3.40. The lowest BCUT2D eigenvalue weighted by molar-refractivity contribution is 0.0809. The van der Waals surface area contributed by atoms with E-state index in [4.69, 9.17) is 4.74 Å². The lowest BCUT2D eigenvalue weighted by Crippen LogP contribution is -2.10.